The van der Waals surface area contributed by atoms with Crippen molar-refractivity contribution in [2.24, 2.45) is 0 Å². The normalized spacial score (nSPS) is 10.9. The fourth-order valence-corrected chi connectivity index (χ4v) is 2.71. The van der Waals surface area contributed by atoms with Gasteiger partial charge in [0.25, 0.3) is 17.5 Å². The Kier molecular flexibility index (Phi) is 6.68. The fraction of sp³-hybridized carbons (Fsp3) is 0.0435. The van der Waals surface area contributed by atoms with E-state index in [4.69, 9.17) is 0 Å². The fourth-order valence-electron chi connectivity index (χ4n) is 2.71. The molecular weight excluding hydrogens is 382 g/mol. The zero-order valence-electron chi connectivity index (χ0n) is 15.9. The number of amides is 2. The highest BCUT2D eigenvalue weighted by Crippen LogP contribution is 2.15. The second-order valence-electron chi connectivity index (χ2n) is 6.40. The minimum absolute atomic E-state index is 0.0136. The van der Waals surface area contributed by atoms with Gasteiger partial charge in [-0.2, -0.15) is 0 Å². The largest absolute Gasteiger partial charge is 0.347 e. The average Bonchev–Trinajstić information content (AvgIpc) is 2.78. The Balaban J connectivity index is 1.85. The number of non-ortho nitro benzene ring substituents is 1. The van der Waals surface area contributed by atoms with E-state index in [1.807, 2.05) is 30.3 Å². The molecule has 7 nitrogen and oxygen atoms in total. The van der Waals surface area contributed by atoms with Crippen LogP contribution in [-0.2, 0) is 11.3 Å². The lowest BCUT2D eigenvalue weighted by Crippen LogP contribution is -2.34. The number of carbonyl (C=O) groups is 2. The van der Waals surface area contributed by atoms with E-state index in [1.165, 1.54) is 24.3 Å². The number of benzene rings is 3. The Hall–Kier alpha value is -4.26. The van der Waals surface area contributed by atoms with Crippen molar-refractivity contribution in [2.45, 2.75) is 6.54 Å². The number of nitrogens with zero attached hydrogens (tertiary/aromatic N) is 1. The highest BCUT2D eigenvalue weighted by molar-refractivity contribution is 6.05. The van der Waals surface area contributed by atoms with E-state index < -0.39 is 16.7 Å². The van der Waals surface area contributed by atoms with E-state index in [-0.39, 0.29) is 17.9 Å². The van der Waals surface area contributed by atoms with Crippen molar-refractivity contribution in [2.75, 3.05) is 0 Å². The molecule has 3 rings (SSSR count). The highest BCUT2D eigenvalue weighted by atomic mass is 16.6. The molecule has 0 unspecified atom stereocenters. The molecule has 3 aromatic carbocycles. The van der Waals surface area contributed by atoms with Crippen LogP contribution in [0.4, 0.5) is 5.69 Å². The van der Waals surface area contributed by atoms with Gasteiger partial charge in [-0.3, -0.25) is 19.7 Å². The zero-order valence-corrected chi connectivity index (χ0v) is 15.9. The number of hydrogen-bond acceptors (Lipinski definition) is 4. The molecule has 30 heavy (non-hydrogen) atoms. The molecule has 0 saturated carbocycles. The Bertz CT molecular complexity index is 1080. The third-order valence-corrected chi connectivity index (χ3v) is 4.22. The van der Waals surface area contributed by atoms with Gasteiger partial charge in [0.05, 0.1) is 4.92 Å². The molecule has 0 heterocycles. The summed E-state index contributed by atoms with van der Waals surface area (Å²) in [6, 6.07) is 23.6. The third-order valence-electron chi connectivity index (χ3n) is 4.22. The SMILES string of the molecule is O=C(NCc1ccccc1)/C(=C\c1cccc([N+](=O)[O-])c1)NC(=O)c1ccccc1. The van der Waals surface area contributed by atoms with Crippen LogP contribution in [0.2, 0.25) is 0 Å². The lowest BCUT2D eigenvalue weighted by molar-refractivity contribution is -0.384. The summed E-state index contributed by atoms with van der Waals surface area (Å²) in [5, 5.41) is 16.4. The summed E-state index contributed by atoms with van der Waals surface area (Å²) >= 11 is 0. The average molecular weight is 401 g/mol. The molecule has 7 heteroatoms. The third kappa shape index (κ3) is 5.62. The first-order valence-electron chi connectivity index (χ1n) is 9.17. The highest BCUT2D eigenvalue weighted by Gasteiger charge is 2.15. The Labute approximate surface area is 173 Å². The van der Waals surface area contributed by atoms with Gasteiger partial charge in [-0.25, -0.2) is 0 Å². The number of hydrogen-bond donors (Lipinski definition) is 2. The zero-order chi connectivity index (χ0) is 21.3. The first-order valence-corrected chi connectivity index (χ1v) is 9.17. The summed E-state index contributed by atoms with van der Waals surface area (Å²) in [5.74, 6) is -0.961. The quantitative estimate of drug-likeness (QED) is 0.358. The molecule has 0 bridgehead atoms. The van der Waals surface area contributed by atoms with Gasteiger partial charge in [-0.05, 0) is 29.3 Å². The number of nitrogens with one attached hydrogen (secondary N) is 2. The molecule has 0 aliphatic carbocycles. The van der Waals surface area contributed by atoms with Gasteiger partial charge in [0.1, 0.15) is 5.70 Å². The topological polar surface area (TPSA) is 101 Å². The molecule has 0 aromatic heterocycles. The van der Waals surface area contributed by atoms with Gasteiger partial charge < -0.3 is 10.6 Å². The summed E-state index contributed by atoms with van der Waals surface area (Å²) in [4.78, 5) is 35.8. The molecule has 0 aliphatic rings. The maximum Gasteiger partial charge on any atom is 0.270 e. The van der Waals surface area contributed by atoms with Crippen LogP contribution in [-0.4, -0.2) is 16.7 Å². The molecule has 0 radical (unpaired) electrons. The van der Waals surface area contributed by atoms with Crippen molar-refractivity contribution in [3.05, 3.63) is 117 Å². The van der Waals surface area contributed by atoms with Crippen LogP contribution in [0.5, 0.6) is 0 Å². The van der Waals surface area contributed by atoms with E-state index in [0.717, 1.165) is 5.56 Å². The van der Waals surface area contributed by atoms with Crippen molar-refractivity contribution >= 4 is 23.6 Å². The molecule has 3 aromatic rings. The number of nitro groups is 1. The predicted molar refractivity (Wildman–Crippen MR) is 113 cm³/mol. The van der Waals surface area contributed by atoms with E-state index in [2.05, 4.69) is 10.6 Å². The Morgan fingerprint density at radius 3 is 2.23 bits per heavy atom. The number of carbonyl (C=O) groups excluding carboxylic acids is 2. The van der Waals surface area contributed by atoms with Crippen LogP contribution >= 0.6 is 0 Å². The summed E-state index contributed by atoms with van der Waals surface area (Å²) < 4.78 is 0. The molecule has 2 amide bonds. The second-order valence-corrected chi connectivity index (χ2v) is 6.40. The van der Waals surface area contributed by atoms with Crippen LogP contribution in [0, 0.1) is 10.1 Å². The number of rotatable bonds is 7. The molecule has 150 valence electrons. The molecule has 0 fully saturated rings. The minimum Gasteiger partial charge on any atom is -0.347 e. The van der Waals surface area contributed by atoms with Crippen molar-refractivity contribution in [1.82, 2.24) is 10.6 Å². The van der Waals surface area contributed by atoms with Crippen LogP contribution in [0.15, 0.2) is 90.6 Å². The Morgan fingerprint density at radius 1 is 0.900 bits per heavy atom. The van der Waals surface area contributed by atoms with E-state index in [0.29, 0.717) is 11.1 Å². The molecule has 2 N–H and O–H groups in total. The monoisotopic (exact) mass is 401 g/mol. The Morgan fingerprint density at radius 2 is 1.57 bits per heavy atom. The minimum atomic E-state index is -0.519. The summed E-state index contributed by atoms with van der Waals surface area (Å²) in [7, 11) is 0. The molecule has 0 aliphatic heterocycles. The standard InChI is InChI=1S/C23H19N3O4/c27-22(19-11-5-2-6-12-19)25-21(15-18-10-7-13-20(14-18)26(29)30)23(28)24-16-17-8-3-1-4-9-17/h1-15H,16H2,(H,24,28)(H,25,27)/b21-15+. The molecule has 0 spiro atoms. The van der Waals surface area contributed by atoms with E-state index in [1.54, 1.807) is 36.4 Å². The molecule has 0 saturated heterocycles. The van der Waals surface area contributed by atoms with Crippen molar-refractivity contribution < 1.29 is 14.5 Å². The van der Waals surface area contributed by atoms with Crippen LogP contribution < -0.4 is 10.6 Å². The van der Waals surface area contributed by atoms with Crippen molar-refractivity contribution in [3.63, 3.8) is 0 Å². The van der Waals surface area contributed by atoms with Gasteiger partial charge in [0, 0.05) is 24.2 Å². The van der Waals surface area contributed by atoms with E-state index in [9.17, 15) is 19.7 Å². The second kappa shape index (κ2) is 9.79. The summed E-state index contributed by atoms with van der Waals surface area (Å²) in [5.41, 5.74) is 1.58. The lowest BCUT2D eigenvalue weighted by Gasteiger charge is -2.11. The van der Waals surface area contributed by atoms with Gasteiger partial charge in [-0.15, -0.1) is 0 Å². The van der Waals surface area contributed by atoms with Gasteiger partial charge in [0.15, 0.2) is 0 Å². The summed E-state index contributed by atoms with van der Waals surface area (Å²) in [6.07, 6.45) is 1.41. The maximum atomic E-state index is 12.8. The van der Waals surface area contributed by atoms with Gasteiger partial charge in [0.2, 0.25) is 0 Å². The van der Waals surface area contributed by atoms with Crippen LogP contribution in [0.3, 0.4) is 0 Å². The van der Waals surface area contributed by atoms with Crippen LogP contribution in [0.25, 0.3) is 6.08 Å². The van der Waals surface area contributed by atoms with Gasteiger partial charge in [-0.1, -0.05) is 60.7 Å². The smallest absolute Gasteiger partial charge is 0.270 e. The van der Waals surface area contributed by atoms with Crippen molar-refractivity contribution in [1.29, 1.82) is 0 Å². The summed E-state index contributed by atoms with van der Waals surface area (Å²) in [6.45, 7) is 0.271. The first-order chi connectivity index (χ1) is 14.5. The van der Waals surface area contributed by atoms with Crippen molar-refractivity contribution in [3.8, 4) is 0 Å². The van der Waals surface area contributed by atoms with E-state index >= 15 is 0 Å². The maximum absolute atomic E-state index is 12.8. The lowest BCUT2D eigenvalue weighted by atomic mass is 10.1. The molecule has 0 atom stereocenters. The molecular formula is C23H19N3O4. The van der Waals surface area contributed by atoms with Gasteiger partial charge >= 0.3 is 0 Å². The van der Waals surface area contributed by atoms with Crippen LogP contribution in [0.1, 0.15) is 21.5 Å². The first kappa shape index (κ1) is 20.5. The predicted octanol–water partition coefficient (Wildman–Crippen LogP) is 3.68. The number of nitro benzene ring substituents is 1.